The van der Waals surface area contributed by atoms with E-state index in [2.05, 4.69) is 0 Å². The maximum atomic E-state index is 13.3. The van der Waals surface area contributed by atoms with Gasteiger partial charge in [-0.3, -0.25) is 14.9 Å². The van der Waals surface area contributed by atoms with Crippen molar-refractivity contribution in [2.45, 2.75) is 17.9 Å². The van der Waals surface area contributed by atoms with Crippen LogP contribution in [0.4, 0.5) is 10.1 Å². The highest BCUT2D eigenvalue weighted by Gasteiger charge is 2.24. The minimum absolute atomic E-state index is 0.453. The van der Waals surface area contributed by atoms with Crippen LogP contribution in [-0.2, 0) is 14.8 Å². The number of aliphatic carboxylic acids is 1. The first-order valence-electron chi connectivity index (χ1n) is 4.84. The molecule has 0 heterocycles. The maximum Gasteiger partial charge on any atom is 0.321 e. The first kappa shape index (κ1) is 15.0. The quantitative estimate of drug-likeness (QED) is 0.600. The Morgan fingerprint density at radius 1 is 1.53 bits per heavy atom. The number of carbonyl (C=O) groups is 1. The van der Waals surface area contributed by atoms with Crippen molar-refractivity contribution in [2.24, 2.45) is 0 Å². The van der Waals surface area contributed by atoms with Gasteiger partial charge in [-0.25, -0.2) is 8.42 Å². The van der Waals surface area contributed by atoms with E-state index < -0.39 is 43.4 Å². The molecule has 0 aliphatic carbocycles. The molecule has 0 amide bonds. The zero-order valence-electron chi connectivity index (χ0n) is 9.53. The summed E-state index contributed by atoms with van der Waals surface area (Å²) in [6.45, 7) is 1.08. The third kappa shape index (κ3) is 3.45. The van der Waals surface area contributed by atoms with Gasteiger partial charge in [0.2, 0.25) is 15.8 Å². The van der Waals surface area contributed by atoms with Gasteiger partial charge < -0.3 is 5.11 Å². The van der Waals surface area contributed by atoms with E-state index in [0.717, 1.165) is 13.0 Å². The monoisotopic (exact) mass is 292 g/mol. The summed E-state index contributed by atoms with van der Waals surface area (Å²) in [4.78, 5) is 19.3. The zero-order valence-corrected chi connectivity index (χ0v) is 10.3. The molecule has 0 aromatic heterocycles. The summed E-state index contributed by atoms with van der Waals surface area (Å²) in [7, 11) is -4.26. The van der Waals surface area contributed by atoms with E-state index >= 15 is 0 Å². The van der Waals surface area contributed by atoms with Crippen LogP contribution in [0.25, 0.3) is 0 Å². The van der Waals surface area contributed by atoms with Crippen LogP contribution >= 0.6 is 0 Å². The number of sulfonamides is 1. The summed E-state index contributed by atoms with van der Waals surface area (Å²) in [6, 6.07) is 0.547. The lowest BCUT2D eigenvalue weighted by molar-refractivity contribution is -0.387. The lowest BCUT2D eigenvalue weighted by atomic mass is 10.3. The molecule has 0 saturated carbocycles. The predicted octanol–water partition coefficient (Wildman–Crippen LogP) is 0.485. The molecule has 0 fully saturated rings. The molecular formula is C9H9FN2O6S. The van der Waals surface area contributed by atoms with E-state index in [1.54, 1.807) is 4.72 Å². The van der Waals surface area contributed by atoms with Crippen molar-refractivity contribution in [3.63, 3.8) is 0 Å². The molecule has 0 saturated heterocycles. The number of rotatable bonds is 5. The Hall–Kier alpha value is -2.07. The summed E-state index contributed by atoms with van der Waals surface area (Å²) in [5, 5.41) is 18.9. The average Bonchev–Trinajstić information content (AvgIpc) is 2.27. The molecule has 0 spiro atoms. The molecule has 10 heteroatoms. The predicted molar refractivity (Wildman–Crippen MR) is 60.5 cm³/mol. The van der Waals surface area contributed by atoms with Gasteiger partial charge in [0.05, 0.1) is 9.82 Å². The molecule has 1 aromatic rings. The minimum atomic E-state index is -4.26. The van der Waals surface area contributed by atoms with E-state index in [1.807, 2.05) is 0 Å². The van der Waals surface area contributed by atoms with Gasteiger partial charge in [0.25, 0.3) is 0 Å². The maximum absolute atomic E-state index is 13.3. The number of nitro groups is 1. The zero-order chi connectivity index (χ0) is 14.8. The van der Waals surface area contributed by atoms with Crippen molar-refractivity contribution >= 4 is 21.7 Å². The lowest BCUT2D eigenvalue weighted by Crippen LogP contribution is -2.38. The highest BCUT2D eigenvalue weighted by molar-refractivity contribution is 7.89. The summed E-state index contributed by atoms with van der Waals surface area (Å²) in [5.41, 5.74) is -0.870. The Morgan fingerprint density at radius 3 is 2.53 bits per heavy atom. The fourth-order valence-electron chi connectivity index (χ4n) is 1.15. The number of benzene rings is 1. The van der Waals surface area contributed by atoms with E-state index in [0.29, 0.717) is 12.1 Å². The fraction of sp³-hybridized carbons (Fsp3) is 0.222. The molecule has 19 heavy (non-hydrogen) atoms. The summed E-state index contributed by atoms with van der Waals surface area (Å²) in [5.74, 6) is -2.73. The lowest BCUT2D eigenvalue weighted by Gasteiger charge is -2.10. The number of hydrogen-bond acceptors (Lipinski definition) is 5. The molecule has 0 aliphatic rings. The van der Waals surface area contributed by atoms with Crippen molar-refractivity contribution in [1.82, 2.24) is 4.72 Å². The average molecular weight is 292 g/mol. The minimum Gasteiger partial charge on any atom is -0.480 e. The third-order valence-corrected chi connectivity index (χ3v) is 3.67. The summed E-state index contributed by atoms with van der Waals surface area (Å²) >= 11 is 0. The Balaban J connectivity index is 3.13. The van der Waals surface area contributed by atoms with Gasteiger partial charge in [-0.15, -0.1) is 0 Å². The van der Waals surface area contributed by atoms with E-state index in [1.165, 1.54) is 0 Å². The van der Waals surface area contributed by atoms with Gasteiger partial charge in [0.15, 0.2) is 0 Å². The van der Waals surface area contributed by atoms with Crippen LogP contribution in [-0.4, -0.2) is 30.5 Å². The molecule has 0 unspecified atom stereocenters. The number of nitrogens with zero attached hydrogens (tertiary/aromatic N) is 1. The number of halogens is 1. The van der Waals surface area contributed by atoms with Gasteiger partial charge in [-0.2, -0.15) is 9.11 Å². The van der Waals surface area contributed by atoms with Gasteiger partial charge in [-0.1, -0.05) is 0 Å². The van der Waals surface area contributed by atoms with E-state index in [9.17, 15) is 27.7 Å². The largest absolute Gasteiger partial charge is 0.480 e. The Kier molecular flexibility index (Phi) is 4.17. The highest BCUT2D eigenvalue weighted by Crippen LogP contribution is 2.20. The number of carboxylic acids is 1. The van der Waals surface area contributed by atoms with E-state index in [-0.39, 0.29) is 0 Å². The summed E-state index contributed by atoms with van der Waals surface area (Å²) < 4.78 is 38.4. The first-order valence-corrected chi connectivity index (χ1v) is 6.32. The molecule has 1 rings (SSSR count). The van der Waals surface area contributed by atoms with Crippen LogP contribution in [0.2, 0.25) is 0 Å². The fourth-order valence-corrected chi connectivity index (χ4v) is 2.36. The van der Waals surface area contributed by atoms with Crippen molar-refractivity contribution in [2.75, 3.05) is 0 Å². The number of nitrogens with one attached hydrogen (secondary N) is 1. The van der Waals surface area contributed by atoms with Gasteiger partial charge in [0, 0.05) is 12.1 Å². The van der Waals surface area contributed by atoms with Crippen molar-refractivity contribution in [3.05, 3.63) is 34.1 Å². The standard InChI is InChI=1S/C9H9FN2O6S/c1-5(9(13)14)11-19(17,18)6-2-3-8(12(15)16)7(10)4-6/h2-5,11H,1H3,(H,13,14)/t5-/m0/s1. The number of carboxylic acid groups (broad SMARTS) is 1. The second-order valence-corrected chi connectivity index (χ2v) is 5.27. The Labute approximate surface area is 107 Å². The van der Waals surface area contributed by atoms with Crippen molar-refractivity contribution in [1.29, 1.82) is 0 Å². The normalized spacial score (nSPS) is 12.9. The van der Waals surface area contributed by atoms with Crippen molar-refractivity contribution < 1.29 is 27.6 Å². The molecule has 0 radical (unpaired) electrons. The summed E-state index contributed by atoms with van der Waals surface area (Å²) in [6.07, 6.45) is 0. The SMILES string of the molecule is C[C@H](NS(=O)(=O)c1ccc([N+](=O)[O-])c(F)c1)C(=O)O. The van der Waals surface area contributed by atoms with Crippen LogP contribution in [0, 0.1) is 15.9 Å². The molecular weight excluding hydrogens is 283 g/mol. The second kappa shape index (κ2) is 5.28. The van der Waals surface area contributed by atoms with Crippen molar-refractivity contribution in [3.8, 4) is 0 Å². The Bertz CT molecular complexity index is 630. The smallest absolute Gasteiger partial charge is 0.321 e. The molecule has 2 N–H and O–H groups in total. The topological polar surface area (TPSA) is 127 Å². The highest BCUT2D eigenvalue weighted by atomic mass is 32.2. The van der Waals surface area contributed by atoms with Gasteiger partial charge >= 0.3 is 11.7 Å². The molecule has 1 aromatic carbocycles. The van der Waals surface area contributed by atoms with Crippen LogP contribution in [0.15, 0.2) is 23.1 Å². The number of hydrogen-bond donors (Lipinski definition) is 2. The third-order valence-electron chi connectivity index (χ3n) is 2.13. The van der Waals surface area contributed by atoms with E-state index in [4.69, 9.17) is 5.11 Å². The first-order chi connectivity index (χ1) is 8.65. The molecule has 1 atom stereocenters. The van der Waals surface area contributed by atoms with Gasteiger partial charge in [-0.05, 0) is 13.0 Å². The van der Waals surface area contributed by atoms with Crippen LogP contribution < -0.4 is 4.72 Å². The second-order valence-electron chi connectivity index (χ2n) is 3.55. The molecule has 8 nitrogen and oxygen atoms in total. The molecule has 0 bridgehead atoms. The van der Waals surface area contributed by atoms with Crippen LogP contribution in [0.1, 0.15) is 6.92 Å². The molecule has 104 valence electrons. The molecule has 0 aliphatic heterocycles. The van der Waals surface area contributed by atoms with Crippen LogP contribution in [0.5, 0.6) is 0 Å². The Morgan fingerprint density at radius 2 is 2.11 bits per heavy atom. The number of nitro benzene ring substituents is 1. The van der Waals surface area contributed by atoms with Crippen LogP contribution in [0.3, 0.4) is 0 Å². The van der Waals surface area contributed by atoms with Gasteiger partial charge in [0.1, 0.15) is 6.04 Å².